The van der Waals surface area contributed by atoms with Crippen LogP contribution in [0.25, 0.3) is 0 Å². The van der Waals surface area contributed by atoms with Gasteiger partial charge in [0.05, 0.1) is 10.2 Å². The van der Waals surface area contributed by atoms with Gasteiger partial charge in [0.2, 0.25) is 0 Å². The fourth-order valence-electron chi connectivity index (χ4n) is 1.22. The zero-order valence-corrected chi connectivity index (χ0v) is 10.9. The smallest absolute Gasteiger partial charge is 0.134 e. The van der Waals surface area contributed by atoms with Crippen LogP contribution < -0.4 is 10.5 Å². The van der Waals surface area contributed by atoms with Gasteiger partial charge in [-0.25, -0.2) is 4.98 Å². The van der Waals surface area contributed by atoms with Crippen molar-refractivity contribution >= 4 is 27.3 Å². The fourth-order valence-corrected chi connectivity index (χ4v) is 2.28. The molecule has 0 aliphatic rings. The van der Waals surface area contributed by atoms with Crippen LogP contribution in [-0.2, 0) is 13.2 Å². The molecule has 1 aromatic heterocycles. The monoisotopic (exact) mass is 298 g/mol. The minimum atomic E-state index is 0.471. The van der Waals surface area contributed by atoms with Gasteiger partial charge >= 0.3 is 0 Å². The Kier molecular flexibility index (Phi) is 3.93. The molecular formula is C11H11BrN2OS. The van der Waals surface area contributed by atoms with Crippen LogP contribution in [0.2, 0.25) is 0 Å². The molecule has 2 N–H and O–H groups in total. The van der Waals surface area contributed by atoms with E-state index in [0.29, 0.717) is 13.2 Å². The number of halogens is 1. The van der Waals surface area contributed by atoms with Crippen LogP contribution in [0.4, 0.5) is 0 Å². The van der Waals surface area contributed by atoms with Crippen molar-refractivity contribution in [3.8, 4) is 5.75 Å². The molecule has 2 aromatic rings. The highest BCUT2D eigenvalue weighted by Gasteiger charge is 2.03. The van der Waals surface area contributed by atoms with E-state index in [4.69, 9.17) is 10.5 Å². The maximum atomic E-state index is 5.64. The Morgan fingerprint density at radius 2 is 2.19 bits per heavy atom. The topological polar surface area (TPSA) is 48.1 Å². The predicted octanol–water partition coefficient (Wildman–Crippen LogP) is 2.94. The van der Waals surface area contributed by atoms with Gasteiger partial charge in [-0.1, -0.05) is 12.1 Å². The molecule has 0 radical (unpaired) electrons. The summed E-state index contributed by atoms with van der Waals surface area (Å²) in [6.07, 6.45) is 0. The first-order valence-corrected chi connectivity index (χ1v) is 6.47. The molecule has 0 atom stereocenters. The summed E-state index contributed by atoms with van der Waals surface area (Å²) >= 11 is 4.99. The highest BCUT2D eigenvalue weighted by atomic mass is 79.9. The number of hydrogen-bond donors (Lipinski definition) is 1. The summed E-state index contributed by atoms with van der Waals surface area (Å²) < 4.78 is 6.59. The second-order valence-corrected chi connectivity index (χ2v) is 4.95. The van der Waals surface area contributed by atoms with Crippen LogP contribution in [0.1, 0.15) is 10.7 Å². The Bertz CT molecular complexity index is 473. The minimum absolute atomic E-state index is 0.471. The van der Waals surface area contributed by atoms with Crippen molar-refractivity contribution in [1.29, 1.82) is 0 Å². The zero-order valence-electron chi connectivity index (χ0n) is 8.52. The number of rotatable bonds is 4. The Balaban J connectivity index is 1.99. The van der Waals surface area contributed by atoms with E-state index in [1.54, 1.807) is 11.3 Å². The normalized spacial score (nSPS) is 10.4. The van der Waals surface area contributed by atoms with Crippen LogP contribution >= 0.6 is 27.3 Å². The van der Waals surface area contributed by atoms with E-state index in [1.165, 1.54) is 0 Å². The predicted molar refractivity (Wildman–Crippen MR) is 68.5 cm³/mol. The summed E-state index contributed by atoms with van der Waals surface area (Å²) in [6, 6.07) is 7.75. The molecule has 1 aromatic carbocycles. The Hall–Kier alpha value is -0.910. The number of para-hydroxylation sites is 1. The Labute approximate surface area is 106 Å². The average Bonchev–Trinajstić information content (AvgIpc) is 2.76. The second kappa shape index (κ2) is 5.43. The lowest BCUT2D eigenvalue weighted by molar-refractivity contribution is 0.300. The molecule has 5 heteroatoms. The molecular weight excluding hydrogens is 288 g/mol. The standard InChI is InChI=1S/C11H11BrN2OS/c12-9-3-1-2-4-10(9)15-6-8-7-16-11(5-13)14-8/h1-4,7H,5-6,13H2. The molecule has 0 saturated carbocycles. The van der Waals surface area contributed by atoms with Gasteiger partial charge in [-0.2, -0.15) is 0 Å². The van der Waals surface area contributed by atoms with Gasteiger partial charge in [-0.15, -0.1) is 11.3 Å². The molecule has 3 nitrogen and oxygen atoms in total. The molecule has 0 aliphatic carbocycles. The van der Waals surface area contributed by atoms with Crippen molar-refractivity contribution in [1.82, 2.24) is 4.98 Å². The SMILES string of the molecule is NCc1nc(COc2ccccc2Br)cs1. The van der Waals surface area contributed by atoms with Crippen LogP contribution in [-0.4, -0.2) is 4.98 Å². The average molecular weight is 299 g/mol. The molecule has 0 aliphatic heterocycles. The van der Waals surface area contributed by atoms with E-state index in [1.807, 2.05) is 29.6 Å². The Morgan fingerprint density at radius 1 is 1.38 bits per heavy atom. The number of nitrogens with two attached hydrogens (primary N) is 1. The molecule has 2 rings (SSSR count). The van der Waals surface area contributed by atoms with E-state index >= 15 is 0 Å². The van der Waals surface area contributed by atoms with Gasteiger partial charge in [-0.3, -0.25) is 0 Å². The molecule has 0 fully saturated rings. The largest absolute Gasteiger partial charge is 0.486 e. The van der Waals surface area contributed by atoms with E-state index in [-0.39, 0.29) is 0 Å². The zero-order chi connectivity index (χ0) is 11.4. The minimum Gasteiger partial charge on any atom is -0.486 e. The number of ether oxygens (including phenoxy) is 1. The molecule has 0 unspecified atom stereocenters. The third-order valence-corrected chi connectivity index (χ3v) is 3.56. The first-order valence-electron chi connectivity index (χ1n) is 4.80. The molecule has 0 bridgehead atoms. The van der Waals surface area contributed by atoms with Gasteiger partial charge in [0.25, 0.3) is 0 Å². The lowest BCUT2D eigenvalue weighted by Gasteiger charge is -2.05. The molecule has 0 saturated heterocycles. The van der Waals surface area contributed by atoms with Crippen LogP contribution in [0, 0.1) is 0 Å². The number of benzene rings is 1. The van der Waals surface area contributed by atoms with Gasteiger partial charge in [0, 0.05) is 11.9 Å². The lowest BCUT2D eigenvalue weighted by Crippen LogP contribution is -1.99. The molecule has 0 amide bonds. The highest BCUT2D eigenvalue weighted by molar-refractivity contribution is 9.10. The van der Waals surface area contributed by atoms with Crippen molar-refractivity contribution in [3.63, 3.8) is 0 Å². The summed E-state index contributed by atoms with van der Waals surface area (Å²) in [5.74, 6) is 0.824. The van der Waals surface area contributed by atoms with E-state index in [2.05, 4.69) is 20.9 Å². The van der Waals surface area contributed by atoms with E-state index < -0.39 is 0 Å². The quantitative estimate of drug-likeness (QED) is 0.944. The second-order valence-electron chi connectivity index (χ2n) is 3.16. The summed E-state index contributed by atoms with van der Waals surface area (Å²) in [4.78, 5) is 4.33. The molecule has 0 spiro atoms. The maximum Gasteiger partial charge on any atom is 0.134 e. The van der Waals surface area contributed by atoms with Crippen molar-refractivity contribution in [2.75, 3.05) is 0 Å². The third-order valence-electron chi connectivity index (χ3n) is 1.99. The number of thiazole rings is 1. The van der Waals surface area contributed by atoms with Gasteiger partial charge in [-0.05, 0) is 28.1 Å². The van der Waals surface area contributed by atoms with Crippen molar-refractivity contribution in [2.45, 2.75) is 13.2 Å². The Morgan fingerprint density at radius 3 is 2.88 bits per heavy atom. The van der Waals surface area contributed by atoms with Crippen LogP contribution in [0.15, 0.2) is 34.1 Å². The summed E-state index contributed by atoms with van der Waals surface area (Å²) in [6.45, 7) is 0.957. The van der Waals surface area contributed by atoms with Crippen molar-refractivity contribution in [3.05, 3.63) is 44.8 Å². The number of nitrogens with zero attached hydrogens (tertiary/aromatic N) is 1. The first kappa shape index (κ1) is 11.6. The summed E-state index contributed by atoms with van der Waals surface area (Å²) in [7, 11) is 0. The van der Waals surface area contributed by atoms with Crippen molar-refractivity contribution in [2.24, 2.45) is 5.73 Å². The van der Waals surface area contributed by atoms with E-state index in [9.17, 15) is 0 Å². The summed E-state index contributed by atoms with van der Waals surface area (Å²) in [5, 5.41) is 2.91. The highest BCUT2D eigenvalue weighted by Crippen LogP contribution is 2.24. The lowest BCUT2D eigenvalue weighted by atomic mass is 10.3. The number of hydrogen-bond acceptors (Lipinski definition) is 4. The van der Waals surface area contributed by atoms with Crippen molar-refractivity contribution < 1.29 is 4.74 Å². The maximum absolute atomic E-state index is 5.64. The molecule has 84 valence electrons. The molecule has 1 heterocycles. The van der Waals surface area contributed by atoms with E-state index in [0.717, 1.165) is 20.9 Å². The van der Waals surface area contributed by atoms with Gasteiger partial charge in [0.1, 0.15) is 17.4 Å². The number of aromatic nitrogens is 1. The third kappa shape index (κ3) is 2.81. The summed E-state index contributed by atoms with van der Waals surface area (Å²) in [5.41, 5.74) is 6.41. The fraction of sp³-hybridized carbons (Fsp3) is 0.182. The van der Waals surface area contributed by atoms with Crippen LogP contribution in [0.5, 0.6) is 5.75 Å². The van der Waals surface area contributed by atoms with Crippen LogP contribution in [0.3, 0.4) is 0 Å². The van der Waals surface area contributed by atoms with Gasteiger partial charge in [0.15, 0.2) is 0 Å². The molecule has 16 heavy (non-hydrogen) atoms. The first-order chi connectivity index (χ1) is 7.79. The van der Waals surface area contributed by atoms with Gasteiger partial charge < -0.3 is 10.5 Å².